The Morgan fingerprint density at radius 3 is 2.69 bits per heavy atom. The van der Waals surface area contributed by atoms with Gasteiger partial charge in [0.15, 0.2) is 0 Å². The van der Waals surface area contributed by atoms with Gasteiger partial charge in [-0.2, -0.15) is 0 Å². The lowest BCUT2D eigenvalue weighted by Crippen LogP contribution is -2.30. The van der Waals surface area contributed by atoms with E-state index < -0.39 is 0 Å². The van der Waals surface area contributed by atoms with Crippen LogP contribution in [0.4, 0.5) is 0 Å². The molecule has 2 heterocycles. The van der Waals surface area contributed by atoms with Crippen molar-refractivity contribution in [3.05, 3.63) is 88.6 Å². The van der Waals surface area contributed by atoms with Crippen LogP contribution in [0.25, 0.3) is 21.7 Å². The minimum atomic E-state index is 0.767. The van der Waals surface area contributed by atoms with Crippen LogP contribution in [0.15, 0.2) is 66.7 Å². The highest BCUT2D eigenvalue weighted by molar-refractivity contribution is 6.31. The fraction of sp³-hybridized carbons (Fsp3) is 0.174. The maximum atomic E-state index is 6.15. The molecular formula is C23H19ClN2. The molecule has 0 fully saturated rings. The molecule has 1 aromatic heterocycles. The third-order valence-corrected chi connectivity index (χ3v) is 5.46. The summed E-state index contributed by atoms with van der Waals surface area (Å²) in [6, 6.07) is 23.5. The normalized spacial score (nSPS) is 14.7. The summed E-state index contributed by atoms with van der Waals surface area (Å²) in [7, 11) is 0. The van der Waals surface area contributed by atoms with E-state index in [-0.39, 0.29) is 0 Å². The van der Waals surface area contributed by atoms with Crippen molar-refractivity contribution < 1.29 is 0 Å². The van der Waals surface area contributed by atoms with Crippen LogP contribution in [-0.2, 0) is 19.5 Å². The van der Waals surface area contributed by atoms with Gasteiger partial charge in [0.2, 0.25) is 0 Å². The molecule has 2 nitrogen and oxygen atoms in total. The van der Waals surface area contributed by atoms with Crippen LogP contribution in [0.3, 0.4) is 0 Å². The van der Waals surface area contributed by atoms with Gasteiger partial charge in [0, 0.05) is 42.2 Å². The standard InChI is InChI=1S/C23H19ClN2/c24-21-7-8-22-19(13-21)12-20-15-26(10-9-23(20)25-22)14-16-5-6-17-3-1-2-4-18(17)11-16/h1-8,11-13H,9-10,14-15H2. The summed E-state index contributed by atoms with van der Waals surface area (Å²) in [4.78, 5) is 7.36. The lowest BCUT2D eigenvalue weighted by atomic mass is 10.0. The van der Waals surface area contributed by atoms with E-state index in [9.17, 15) is 0 Å². The quantitative estimate of drug-likeness (QED) is 0.463. The van der Waals surface area contributed by atoms with Gasteiger partial charge in [-0.3, -0.25) is 9.88 Å². The Balaban J connectivity index is 1.42. The highest BCUT2D eigenvalue weighted by Crippen LogP contribution is 2.26. The third kappa shape index (κ3) is 2.96. The molecule has 4 aromatic rings. The lowest BCUT2D eigenvalue weighted by Gasteiger charge is -2.28. The summed E-state index contributed by atoms with van der Waals surface area (Å²) in [5.74, 6) is 0. The van der Waals surface area contributed by atoms with Crippen molar-refractivity contribution in [3.8, 4) is 0 Å². The van der Waals surface area contributed by atoms with E-state index in [1.54, 1.807) is 0 Å². The number of nitrogens with zero attached hydrogens (tertiary/aromatic N) is 2. The van der Waals surface area contributed by atoms with Gasteiger partial charge in [0.05, 0.1) is 5.52 Å². The minimum Gasteiger partial charge on any atom is -0.294 e. The molecule has 0 spiro atoms. The molecule has 0 saturated heterocycles. The van der Waals surface area contributed by atoms with E-state index in [0.717, 1.165) is 42.0 Å². The van der Waals surface area contributed by atoms with E-state index in [2.05, 4.69) is 53.4 Å². The zero-order valence-corrected chi connectivity index (χ0v) is 15.2. The smallest absolute Gasteiger partial charge is 0.0706 e. The Hall–Kier alpha value is -2.42. The van der Waals surface area contributed by atoms with Crippen LogP contribution in [0, 0.1) is 0 Å². The molecule has 0 bridgehead atoms. The van der Waals surface area contributed by atoms with Crippen molar-refractivity contribution in [3.63, 3.8) is 0 Å². The zero-order chi connectivity index (χ0) is 17.5. The number of rotatable bonds is 2. The molecule has 0 saturated carbocycles. The zero-order valence-electron chi connectivity index (χ0n) is 14.5. The first-order chi connectivity index (χ1) is 12.7. The Morgan fingerprint density at radius 2 is 1.77 bits per heavy atom. The van der Waals surface area contributed by atoms with Gasteiger partial charge >= 0.3 is 0 Å². The summed E-state index contributed by atoms with van der Waals surface area (Å²) in [5, 5.41) is 4.50. The third-order valence-electron chi connectivity index (χ3n) is 5.22. The van der Waals surface area contributed by atoms with Crippen LogP contribution < -0.4 is 0 Å². The Kier molecular flexibility index (Phi) is 3.88. The van der Waals surface area contributed by atoms with E-state index in [0.29, 0.717) is 0 Å². The molecule has 0 aliphatic carbocycles. The first kappa shape index (κ1) is 15.8. The first-order valence-electron chi connectivity index (χ1n) is 9.03. The van der Waals surface area contributed by atoms with Gasteiger partial charge in [-0.1, -0.05) is 48.0 Å². The van der Waals surface area contributed by atoms with Crippen LogP contribution in [0.2, 0.25) is 5.02 Å². The number of halogens is 1. The van der Waals surface area contributed by atoms with Crippen molar-refractivity contribution in [2.75, 3.05) is 6.54 Å². The molecule has 0 unspecified atom stereocenters. The molecule has 3 heteroatoms. The maximum Gasteiger partial charge on any atom is 0.0706 e. The second-order valence-corrected chi connectivity index (χ2v) is 7.51. The van der Waals surface area contributed by atoms with Gasteiger partial charge in [-0.25, -0.2) is 0 Å². The Labute approximate surface area is 158 Å². The topological polar surface area (TPSA) is 16.1 Å². The number of fused-ring (bicyclic) bond motifs is 3. The van der Waals surface area contributed by atoms with E-state index in [1.165, 1.54) is 27.6 Å². The van der Waals surface area contributed by atoms with Crippen molar-refractivity contribution in [2.45, 2.75) is 19.5 Å². The van der Waals surface area contributed by atoms with Crippen LogP contribution in [0.5, 0.6) is 0 Å². The molecule has 3 aromatic carbocycles. The summed E-state index contributed by atoms with van der Waals surface area (Å²) >= 11 is 6.15. The summed E-state index contributed by atoms with van der Waals surface area (Å²) < 4.78 is 0. The highest BCUT2D eigenvalue weighted by atomic mass is 35.5. The lowest BCUT2D eigenvalue weighted by molar-refractivity contribution is 0.244. The fourth-order valence-electron chi connectivity index (χ4n) is 3.90. The second-order valence-electron chi connectivity index (χ2n) is 7.07. The van der Waals surface area contributed by atoms with Crippen LogP contribution >= 0.6 is 11.6 Å². The number of benzene rings is 3. The average Bonchev–Trinajstić information content (AvgIpc) is 2.66. The molecule has 0 amide bonds. The number of aromatic nitrogens is 1. The first-order valence-corrected chi connectivity index (χ1v) is 9.40. The molecule has 26 heavy (non-hydrogen) atoms. The number of hydrogen-bond donors (Lipinski definition) is 0. The molecular weight excluding hydrogens is 340 g/mol. The monoisotopic (exact) mass is 358 g/mol. The summed E-state index contributed by atoms with van der Waals surface area (Å²) in [6.45, 7) is 2.96. The van der Waals surface area contributed by atoms with Gasteiger partial charge in [-0.05, 0) is 52.2 Å². The van der Waals surface area contributed by atoms with Gasteiger partial charge in [0.1, 0.15) is 0 Å². The largest absolute Gasteiger partial charge is 0.294 e. The summed E-state index contributed by atoms with van der Waals surface area (Å²) in [6.07, 6.45) is 1.00. The van der Waals surface area contributed by atoms with Crippen LogP contribution in [0.1, 0.15) is 16.8 Å². The summed E-state index contributed by atoms with van der Waals surface area (Å²) in [5.41, 5.74) is 4.96. The van der Waals surface area contributed by atoms with E-state index >= 15 is 0 Å². The van der Waals surface area contributed by atoms with Crippen molar-refractivity contribution in [1.82, 2.24) is 9.88 Å². The molecule has 128 valence electrons. The SMILES string of the molecule is Clc1ccc2nc3c(cc2c1)CN(Cc1ccc2ccccc2c1)CC3. The fourth-order valence-corrected chi connectivity index (χ4v) is 4.08. The van der Waals surface area contributed by atoms with Gasteiger partial charge < -0.3 is 0 Å². The predicted octanol–water partition coefficient (Wildman–Crippen LogP) is 5.60. The average molecular weight is 359 g/mol. The van der Waals surface area contributed by atoms with Crippen molar-refractivity contribution >= 4 is 33.3 Å². The molecule has 5 rings (SSSR count). The second kappa shape index (κ2) is 6.39. The maximum absolute atomic E-state index is 6.15. The molecule has 0 radical (unpaired) electrons. The van der Waals surface area contributed by atoms with Crippen molar-refractivity contribution in [1.29, 1.82) is 0 Å². The molecule has 0 N–H and O–H groups in total. The highest BCUT2D eigenvalue weighted by Gasteiger charge is 2.18. The van der Waals surface area contributed by atoms with E-state index in [1.807, 2.05) is 18.2 Å². The Bertz CT molecular complexity index is 1120. The predicted molar refractivity (Wildman–Crippen MR) is 109 cm³/mol. The number of hydrogen-bond acceptors (Lipinski definition) is 2. The van der Waals surface area contributed by atoms with Crippen LogP contribution in [-0.4, -0.2) is 16.4 Å². The van der Waals surface area contributed by atoms with Gasteiger partial charge in [-0.15, -0.1) is 0 Å². The Morgan fingerprint density at radius 1 is 0.885 bits per heavy atom. The molecule has 0 atom stereocenters. The molecule has 1 aliphatic heterocycles. The van der Waals surface area contributed by atoms with E-state index in [4.69, 9.17) is 16.6 Å². The van der Waals surface area contributed by atoms with Gasteiger partial charge in [0.25, 0.3) is 0 Å². The van der Waals surface area contributed by atoms with Crippen molar-refractivity contribution in [2.24, 2.45) is 0 Å². The number of pyridine rings is 1. The molecule has 1 aliphatic rings. The minimum absolute atomic E-state index is 0.767.